The van der Waals surface area contributed by atoms with Crippen LogP contribution in [0, 0.1) is 12.8 Å². The Hall–Kier alpha value is -1.13. The summed E-state index contributed by atoms with van der Waals surface area (Å²) in [6, 6.07) is 4.30. The summed E-state index contributed by atoms with van der Waals surface area (Å²) >= 11 is 1.80. The van der Waals surface area contributed by atoms with Crippen molar-refractivity contribution in [1.82, 2.24) is 15.5 Å². The lowest BCUT2D eigenvalue weighted by Crippen LogP contribution is -2.18. The lowest BCUT2D eigenvalue weighted by molar-refractivity contribution is 0.553. The molecule has 0 aliphatic carbocycles. The summed E-state index contributed by atoms with van der Waals surface area (Å²) < 4.78 is 0. The lowest BCUT2D eigenvalue weighted by Gasteiger charge is -2.06. The SMILES string of the molecule is Cc1ccc(-c2[nH]ncc2CNCC(C)C)s1. The number of nitrogens with zero attached hydrogens (tertiary/aromatic N) is 1. The quantitative estimate of drug-likeness (QED) is 0.854. The van der Waals surface area contributed by atoms with Crippen LogP contribution in [-0.4, -0.2) is 16.7 Å². The summed E-state index contributed by atoms with van der Waals surface area (Å²) in [7, 11) is 0. The van der Waals surface area contributed by atoms with Crippen LogP contribution in [0.3, 0.4) is 0 Å². The van der Waals surface area contributed by atoms with Crippen molar-refractivity contribution < 1.29 is 0 Å². The molecule has 0 aromatic carbocycles. The third-order valence-electron chi connectivity index (χ3n) is 2.57. The van der Waals surface area contributed by atoms with Gasteiger partial charge < -0.3 is 5.32 Å². The Bertz CT molecular complexity index is 470. The second-order valence-corrected chi connectivity index (χ2v) is 5.99. The number of H-pyrrole nitrogens is 1. The maximum absolute atomic E-state index is 4.15. The van der Waals surface area contributed by atoms with Crippen molar-refractivity contribution in [3.63, 3.8) is 0 Å². The molecule has 92 valence electrons. The molecule has 0 saturated heterocycles. The standard InChI is InChI=1S/C13H19N3S/c1-9(2)6-14-7-11-8-15-16-13(11)12-5-4-10(3)17-12/h4-5,8-9,14H,6-7H2,1-3H3,(H,15,16). The molecule has 2 heterocycles. The maximum atomic E-state index is 4.15. The fourth-order valence-corrected chi connectivity index (χ4v) is 2.62. The predicted octanol–water partition coefficient (Wildman–Crippen LogP) is 3.19. The molecule has 0 radical (unpaired) electrons. The van der Waals surface area contributed by atoms with E-state index in [9.17, 15) is 0 Å². The van der Waals surface area contributed by atoms with Crippen LogP contribution in [0.1, 0.15) is 24.3 Å². The predicted molar refractivity (Wildman–Crippen MR) is 73.2 cm³/mol. The van der Waals surface area contributed by atoms with Crippen molar-refractivity contribution in [2.24, 2.45) is 5.92 Å². The topological polar surface area (TPSA) is 40.7 Å². The third-order valence-corrected chi connectivity index (χ3v) is 3.59. The Morgan fingerprint density at radius 3 is 2.88 bits per heavy atom. The third kappa shape index (κ3) is 3.17. The number of aromatic nitrogens is 2. The average molecular weight is 249 g/mol. The summed E-state index contributed by atoms with van der Waals surface area (Å²) in [6.45, 7) is 8.47. The molecule has 0 aliphatic rings. The number of aryl methyl sites for hydroxylation is 1. The molecule has 0 bridgehead atoms. The Morgan fingerprint density at radius 1 is 1.41 bits per heavy atom. The molecule has 0 unspecified atom stereocenters. The summed E-state index contributed by atoms with van der Waals surface area (Å²) in [4.78, 5) is 2.59. The van der Waals surface area contributed by atoms with Gasteiger partial charge in [-0.2, -0.15) is 5.10 Å². The zero-order valence-electron chi connectivity index (χ0n) is 10.6. The number of thiophene rings is 1. The molecule has 2 aromatic heterocycles. The van der Waals surface area contributed by atoms with Crippen molar-refractivity contribution in [2.75, 3.05) is 6.54 Å². The molecule has 0 atom stereocenters. The average Bonchev–Trinajstić information content (AvgIpc) is 2.86. The van der Waals surface area contributed by atoms with Gasteiger partial charge in [-0.3, -0.25) is 5.10 Å². The maximum Gasteiger partial charge on any atom is 0.0794 e. The minimum atomic E-state index is 0.675. The van der Waals surface area contributed by atoms with Crippen LogP contribution in [0.4, 0.5) is 0 Å². The van der Waals surface area contributed by atoms with E-state index in [1.165, 1.54) is 15.3 Å². The van der Waals surface area contributed by atoms with E-state index < -0.39 is 0 Å². The van der Waals surface area contributed by atoms with E-state index in [2.05, 4.69) is 48.4 Å². The first-order valence-corrected chi connectivity index (χ1v) is 6.78. The van der Waals surface area contributed by atoms with E-state index in [1.54, 1.807) is 11.3 Å². The highest BCUT2D eigenvalue weighted by atomic mass is 32.1. The highest BCUT2D eigenvalue weighted by molar-refractivity contribution is 7.15. The van der Waals surface area contributed by atoms with Gasteiger partial charge in [0.25, 0.3) is 0 Å². The molecule has 0 saturated carbocycles. The Balaban J connectivity index is 2.07. The van der Waals surface area contributed by atoms with Crippen LogP contribution in [0.15, 0.2) is 18.3 Å². The van der Waals surface area contributed by atoms with Crippen LogP contribution >= 0.6 is 11.3 Å². The Labute approximate surface area is 106 Å². The first kappa shape index (κ1) is 12.3. The summed E-state index contributed by atoms with van der Waals surface area (Å²) in [5.74, 6) is 0.675. The first-order valence-electron chi connectivity index (χ1n) is 5.96. The van der Waals surface area contributed by atoms with E-state index in [4.69, 9.17) is 0 Å². The van der Waals surface area contributed by atoms with Gasteiger partial charge in [0.15, 0.2) is 0 Å². The number of hydrogen-bond acceptors (Lipinski definition) is 3. The van der Waals surface area contributed by atoms with Crippen molar-refractivity contribution in [3.05, 3.63) is 28.8 Å². The van der Waals surface area contributed by atoms with Gasteiger partial charge in [0.05, 0.1) is 16.8 Å². The molecule has 4 heteroatoms. The molecule has 0 fully saturated rings. The molecule has 2 aromatic rings. The monoisotopic (exact) mass is 249 g/mol. The van der Waals surface area contributed by atoms with E-state index in [-0.39, 0.29) is 0 Å². The first-order chi connectivity index (χ1) is 8.16. The van der Waals surface area contributed by atoms with Crippen molar-refractivity contribution in [3.8, 4) is 10.6 Å². The molecule has 0 amide bonds. The molecular formula is C13H19N3S. The molecule has 17 heavy (non-hydrogen) atoms. The number of nitrogens with one attached hydrogen (secondary N) is 2. The van der Waals surface area contributed by atoms with Crippen molar-refractivity contribution in [1.29, 1.82) is 0 Å². The van der Waals surface area contributed by atoms with Crippen LogP contribution in [0.25, 0.3) is 10.6 Å². The van der Waals surface area contributed by atoms with E-state index in [0.717, 1.165) is 18.8 Å². The number of hydrogen-bond donors (Lipinski definition) is 2. The smallest absolute Gasteiger partial charge is 0.0794 e. The van der Waals surface area contributed by atoms with E-state index >= 15 is 0 Å². The number of aromatic amines is 1. The Kier molecular flexibility index (Phi) is 3.97. The van der Waals surface area contributed by atoms with Gasteiger partial charge in [-0.05, 0) is 31.5 Å². The van der Waals surface area contributed by atoms with Gasteiger partial charge in [-0.15, -0.1) is 11.3 Å². The second kappa shape index (κ2) is 5.47. The van der Waals surface area contributed by atoms with Gasteiger partial charge in [-0.25, -0.2) is 0 Å². The normalized spacial score (nSPS) is 11.3. The minimum Gasteiger partial charge on any atom is -0.312 e. The van der Waals surface area contributed by atoms with Crippen molar-refractivity contribution >= 4 is 11.3 Å². The zero-order chi connectivity index (χ0) is 12.3. The van der Waals surface area contributed by atoms with E-state index in [1.807, 2.05) is 6.20 Å². The highest BCUT2D eigenvalue weighted by Gasteiger charge is 2.09. The minimum absolute atomic E-state index is 0.675. The van der Waals surface area contributed by atoms with Crippen LogP contribution in [0.2, 0.25) is 0 Å². The molecule has 0 spiro atoms. The molecule has 3 nitrogen and oxygen atoms in total. The summed E-state index contributed by atoms with van der Waals surface area (Å²) in [6.07, 6.45) is 1.91. The van der Waals surface area contributed by atoms with Crippen LogP contribution < -0.4 is 5.32 Å². The van der Waals surface area contributed by atoms with Gasteiger partial charge in [0.2, 0.25) is 0 Å². The molecule has 2 rings (SSSR count). The summed E-state index contributed by atoms with van der Waals surface area (Å²) in [5.41, 5.74) is 2.40. The van der Waals surface area contributed by atoms with Gasteiger partial charge in [-0.1, -0.05) is 13.8 Å². The van der Waals surface area contributed by atoms with Gasteiger partial charge in [0, 0.05) is 17.0 Å². The fourth-order valence-electron chi connectivity index (χ4n) is 1.72. The molecule has 0 aliphatic heterocycles. The van der Waals surface area contributed by atoms with Gasteiger partial charge in [0.1, 0.15) is 0 Å². The molecular weight excluding hydrogens is 230 g/mol. The molecule has 2 N–H and O–H groups in total. The lowest BCUT2D eigenvalue weighted by atomic mass is 10.2. The number of rotatable bonds is 5. The fraction of sp³-hybridized carbons (Fsp3) is 0.462. The largest absolute Gasteiger partial charge is 0.312 e. The summed E-state index contributed by atoms with van der Waals surface area (Å²) in [5, 5.41) is 10.7. The van der Waals surface area contributed by atoms with Crippen molar-refractivity contribution in [2.45, 2.75) is 27.3 Å². The Morgan fingerprint density at radius 2 is 2.24 bits per heavy atom. The van der Waals surface area contributed by atoms with E-state index in [0.29, 0.717) is 5.92 Å². The van der Waals surface area contributed by atoms with Gasteiger partial charge >= 0.3 is 0 Å². The zero-order valence-corrected chi connectivity index (χ0v) is 11.4. The van der Waals surface area contributed by atoms with Crippen LogP contribution in [-0.2, 0) is 6.54 Å². The highest BCUT2D eigenvalue weighted by Crippen LogP contribution is 2.28. The second-order valence-electron chi connectivity index (χ2n) is 4.71. The van der Waals surface area contributed by atoms with Crippen LogP contribution in [0.5, 0.6) is 0 Å².